The van der Waals surface area contributed by atoms with Gasteiger partial charge >= 0.3 is 0 Å². The zero-order chi connectivity index (χ0) is 13.2. The van der Waals surface area contributed by atoms with Gasteiger partial charge in [0.2, 0.25) is 5.91 Å². The summed E-state index contributed by atoms with van der Waals surface area (Å²) in [5, 5.41) is 2.70. The minimum atomic E-state index is -0.131. The molecule has 1 rings (SSSR count). The van der Waals surface area contributed by atoms with Crippen LogP contribution in [0, 0.1) is 0 Å². The summed E-state index contributed by atoms with van der Waals surface area (Å²) >= 11 is 0. The molecule has 0 unspecified atom stereocenters. The van der Waals surface area contributed by atoms with Crippen molar-refractivity contribution in [2.45, 2.75) is 13.3 Å². The number of carbonyl (C=O) groups is 1. The van der Waals surface area contributed by atoms with Gasteiger partial charge in [0.1, 0.15) is 19.0 Å². The van der Waals surface area contributed by atoms with Gasteiger partial charge in [0, 0.05) is 6.61 Å². The predicted molar refractivity (Wildman–Crippen MR) is 70.5 cm³/mol. The Hall–Kier alpha value is -1.75. The van der Waals surface area contributed by atoms with Gasteiger partial charge in [0.25, 0.3) is 0 Å². The number of nitrogens with one attached hydrogen (secondary N) is 1. The van der Waals surface area contributed by atoms with E-state index in [9.17, 15) is 4.79 Å². The van der Waals surface area contributed by atoms with Gasteiger partial charge in [-0.25, -0.2) is 0 Å². The number of nitrogens with two attached hydrogens (primary N) is 1. The number of ether oxygens (including phenoxy) is 2. The molecule has 0 bridgehead atoms. The van der Waals surface area contributed by atoms with Crippen molar-refractivity contribution in [1.82, 2.24) is 5.32 Å². The number of hydrogen-bond acceptors (Lipinski definition) is 4. The second-order valence-corrected chi connectivity index (χ2v) is 3.79. The smallest absolute Gasteiger partial charge is 0.246 e. The SMILES string of the molecule is CCCOCC(=O)NCCOc1ccccc1N. The second-order valence-electron chi connectivity index (χ2n) is 3.79. The molecule has 0 aliphatic heterocycles. The van der Waals surface area contributed by atoms with E-state index in [4.69, 9.17) is 15.2 Å². The third-order valence-corrected chi connectivity index (χ3v) is 2.18. The van der Waals surface area contributed by atoms with E-state index in [1.165, 1.54) is 0 Å². The fourth-order valence-electron chi connectivity index (χ4n) is 1.32. The van der Waals surface area contributed by atoms with E-state index in [1.807, 2.05) is 19.1 Å². The summed E-state index contributed by atoms with van der Waals surface area (Å²) in [7, 11) is 0. The number of rotatable bonds is 8. The maximum Gasteiger partial charge on any atom is 0.246 e. The third-order valence-electron chi connectivity index (χ3n) is 2.18. The van der Waals surface area contributed by atoms with Crippen molar-refractivity contribution in [1.29, 1.82) is 0 Å². The summed E-state index contributed by atoms with van der Waals surface area (Å²) in [6, 6.07) is 7.26. The molecule has 1 aromatic rings. The van der Waals surface area contributed by atoms with Crippen LogP contribution in [0.3, 0.4) is 0 Å². The molecule has 0 radical (unpaired) electrons. The molecule has 0 aliphatic carbocycles. The lowest BCUT2D eigenvalue weighted by Gasteiger charge is -2.09. The molecule has 5 heteroatoms. The quantitative estimate of drug-likeness (QED) is 0.538. The van der Waals surface area contributed by atoms with Crippen LogP contribution in [0.5, 0.6) is 5.75 Å². The number of hydrogen-bond donors (Lipinski definition) is 2. The third kappa shape index (κ3) is 5.54. The number of benzene rings is 1. The largest absolute Gasteiger partial charge is 0.490 e. The molecule has 18 heavy (non-hydrogen) atoms. The van der Waals surface area contributed by atoms with E-state index >= 15 is 0 Å². The van der Waals surface area contributed by atoms with Crippen LogP contribution in [0.1, 0.15) is 13.3 Å². The number of carbonyl (C=O) groups excluding carboxylic acids is 1. The maximum atomic E-state index is 11.3. The first kappa shape index (κ1) is 14.3. The summed E-state index contributed by atoms with van der Waals surface area (Å²) < 4.78 is 10.5. The van der Waals surface area contributed by atoms with E-state index in [2.05, 4.69) is 5.32 Å². The molecular formula is C13H20N2O3. The number of nitrogen functional groups attached to an aromatic ring is 1. The highest BCUT2D eigenvalue weighted by Crippen LogP contribution is 2.19. The molecule has 0 heterocycles. The van der Waals surface area contributed by atoms with Gasteiger partial charge < -0.3 is 20.5 Å². The molecule has 1 aromatic carbocycles. The molecule has 0 aromatic heterocycles. The molecule has 0 fully saturated rings. The van der Waals surface area contributed by atoms with Gasteiger partial charge in [0.05, 0.1) is 12.2 Å². The van der Waals surface area contributed by atoms with Crippen LogP contribution in [0.2, 0.25) is 0 Å². The zero-order valence-electron chi connectivity index (χ0n) is 10.6. The Bertz CT molecular complexity index is 369. The van der Waals surface area contributed by atoms with Crippen molar-refractivity contribution < 1.29 is 14.3 Å². The van der Waals surface area contributed by atoms with E-state index in [-0.39, 0.29) is 12.5 Å². The molecule has 0 saturated heterocycles. The highest BCUT2D eigenvalue weighted by Gasteiger charge is 2.01. The Morgan fingerprint density at radius 2 is 2.11 bits per heavy atom. The fraction of sp³-hybridized carbons (Fsp3) is 0.462. The summed E-state index contributed by atoms with van der Waals surface area (Å²) in [6.45, 7) is 3.51. The Labute approximate surface area is 107 Å². The highest BCUT2D eigenvalue weighted by molar-refractivity contribution is 5.77. The first-order chi connectivity index (χ1) is 8.74. The summed E-state index contributed by atoms with van der Waals surface area (Å²) in [4.78, 5) is 11.3. The van der Waals surface area contributed by atoms with Gasteiger partial charge in [-0.15, -0.1) is 0 Å². The molecule has 0 spiro atoms. The van der Waals surface area contributed by atoms with E-state index in [1.54, 1.807) is 12.1 Å². The highest BCUT2D eigenvalue weighted by atomic mass is 16.5. The molecular weight excluding hydrogens is 232 g/mol. The van der Waals surface area contributed by atoms with Gasteiger partial charge in [-0.05, 0) is 18.6 Å². The molecule has 3 N–H and O–H groups in total. The van der Waals surface area contributed by atoms with Crippen molar-refractivity contribution in [3.05, 3.63) is 24.3 Å². The van der Waals surface area contributed by atoms with Gasteiger partial charge in [0.15, 0.2) is 0 Å². The van der Waals surface area contributed by atoms with Crippen LogP contribution in [-0.4, -0.2) is 32.3 Å². The number of amides is 1. The standard InChI is InChI=1S/C13H20N2O3/c1-2-8-17-10-13(16)15-7-9-18-12-6-4-3-5-11(12)14/h3-6H,2,7-10,14H2,1H3,(H,15,16). The van der Waals surface area contributed by atoms with E-state index in [0.717, 1.165) is 6.42 Å². The van der Waals surface area contributed by atoms with Crippen LogP contribution in [0.25, 0.3) is 0 Å². The molecule has 0 atom stereocenters. The molecule has 0 aliphatic rings. The van der Waals surface area contributed by atoms with Gasteiger partial charge in [-0.1, -0.05) is 19.1 Å². The van der Waals surface area contributed by atoms with Crippen LogP contribution in [0.15, 0.2) is 24.3 Å². The monoisotopic (exact) mass is 252 g/mol. The topological polar surface area (TPSA) is 73.6 Å². The fourth-order valence-corrected chi connectivity index (χ4v) is 1.32. The maximum absolute atomic E-state index is 11.3. The second kappa shape index (κ2) is 8.36. The first-order valence-electron chi connectivity index (χ1n) is 6.05. The minimum Gasteiger partial charge on any atom is -0.490 e. The van der Waals surface area contributed by atoms with E-state index in [0.29, 0.717) is 31.2 Å². The van der Waals surface area contributed by atoms with Crippen molar-refractivity contribution >= 4 is 11.6 Å². The molecule has 100 valence electrons. The van der Waals surface area contributed by atoms with E-state index < -0.39 is 0 Å². The Morgan fingerprint density at radius 3 is 2.83 bits per heavy atom. The van der Waals surface area contributed by atoms with Crippen LogP contribution < -0.4 is 15.8 Å². The Balaban J connectivity index is 2.12. The van der Waals surface area contributed by atoms with Crippen molar-refractivity contribution in [2.75, 3.05) is 32.1 Å². The van der Waals surface area contributed by atoms with Crippen LogP contribution >= 0.6 is 0 Å². The zero-order valence-corrected chi connectivity index (χ0v) is 10.6. The Morgan fingerprint density at radius 1 is 1.33 bits per heavy atom. The average molecular weight is 252 g/mol. The van der Waals surface area contributed by atoms with Crippen LogP contribution in [-0.2, 0) is 9.53 Å². The summed E-state index contributed by atoms with van der Waals surface area (Å²) in [5.74, 6) is 0.502. The normalized spacial score (nSPS) is 10.1. The van der Waals surface area contributed by atoms with Crippen molar-refractivity contribution in [2.24, 2.45) is 0 Å². The lowest BCUT2D eigenvalue weighted by molar-refractivity contribution is -0.125. The average Bonchev–Trinajstić information content (AvgIpc) is 2.37. The molecule has 5 nitrogen and oxygen atoms in total. The molecule has 1 amide bonds. The lowest BCUT2D eigenvalue weighted by atomic mass is 10.3. The predicted octanol–water partition coefficient (Wildman–Crippen LogP) is 1.19. The Kier molecular flexibility index (Phi) is 6.64. The van der Waals surface area contributed by atoms with Crippen molar-refractivity contribution in [3.8, 4) is 5.75 Å². The molecule has 0 saturated carbocycles. The van der Waals surface area contributed by atoms with Gasteiger partial charge in [-0.3, -0.25) is 4.79 Å². The number of anilines is 1. The summed E-state index contributed by atoms with van der Waals surface area (Å²) in [5.41, 5.74) is 6.30. The first-order valence-corrected chi connectivity index (χ1v) is 6.05. The van der Waals surface area contributed by atoms with Gasteiger partial charge in [-0.2, -0.15) is 0 Å². The minimum absolute atomic E-state index is 0.0985. The summed E-state index contributed by atoms with van der Waals surface area (Å²) in [6.07, 6.45) is 0.906. The lowest BCUT2D eigenvalue weighted by Crippen LogP contribution is -2.31. The van der Waals surface area contributed by atoms with Crippen LogP contribution in [0.4, 0.5) is 5.69 Å². The number of para-hydroxylation sites is 2. The van der Waals surface area contributed by atoms with Crippen molar-refractivity contribution in [3.63, 3.8) is 0 Å².